The van der Waals surface area contributed by atoms with Crippen LogP contribution < -0.4 is 14.8 Å². The van der Waals surface area contributed by atoms with Crippen molar-refractivity contribution in [3.8, 4) is 5.75 Å². The Kier molecular flexibility index (Phi) is 4.90. The van der Waals surface area contributed by atoms with Gasteiger partial charge in [0.15, 0.2) is 0 Å². The normalized spacial score (nSPS) is 16.6. The van der Waals surface area contributed by atoms with Crippen LogP contribution in [0.15, 0.2) is 78.9 Å². The first-order chi connectivity index (χ1) is 13.4. The molecule has 1 aliphatic rings. The zero-order valence-electron chi connectivity index (χ0n) is 16.9. The van der Waals surface area contributed by atoms with Gasteiger partial charge in [0.25, 0.3) is 0 Å². The summed E-state index contributed by atoms with van der Waals surface area (Å²) in [5, 5.41) is 12.8. The minimum absolute atomic E-state index is 0.0761. The summed E-state index contributed by atoms with van der Waals surface area (Å²) in [6, 6.07) is 27.6. The Morgan fingerprint density at radius 1 is 0.857 bits per heavy atom. The molecule has 28 heavy (non-hydrogen) atoms. The first-order valence-corrected chi connectivity index (χ1v) is 11.9. The van der Waals surface area contributed by atoms with Crippen molar-refractivity contribution in [2.45, 2.75) is 44.8 Å². The van der Waals surface area contributed by atoms with Gasteiger partial charge >= 0.3 is 8.32 Å². The second-order valence-corrected chi connectivity index (χ2v) is 12.9. The third-order valence-electron chi connectivity index (χ3n) is 5.85. The summed E-state index contributed by atoms with van der Waals surface area (Å²) in [5.41, 5.74) is 2.26. The van der Waals surface area contributed by atoms with E-state index >= 15 is 0 Å². The van der Waals surface area contributed by atoms with Gasteiger partial charge in [0, 0.05) is 0 Å². The van der Waals surface area contributed by atoms with Gasteiger partial charge in [-0.2, -0.15) is 0 Å². The molecule has 1 aliphatic carbocycles. The van der Waals surface area contributed by atoms with Gasteiger partial charge in [0.2, 0.25) is 0 Å². The number of aliphatic hydroxyl groups excluding tert-OH is 1. The van der Waals surface area contributed by atoms with E-state index < -0.39 is 8.32 Å². The lowest BCUT2D eigenvalue weighted by Crippen LogP contribution is -2.68. The Morgan fingerprint density at radius 2 is 1.43 bits per heavy atom. The molecule has 0 unspecified atom stereocenters. The molecule has 3 aromatic carbocycles. The summed E-state index contributed by atoms with van der Waals surface area (Å²) in [7, 11) is -2.63. The molecule has 2 nitrogen and oxygen atoms in total. The molecule has 0 heterocycles. The van der Waals surface area contributed by atoms with Gasteiger partial charge in [-0.1, -0.05) is 87.5 Å². The van der Waals surface area contributed by atoms with Gasteiger partial charge < -0.3 is 9.53 Å². The van der Waals surface area contributed by atoms with Gasteiger partial charge in [-0.05, 0) is 51.5 Å². The van der Waals surface area contributed by atoms with Crippen LogP contribution in [0.3, 0.4) is 0 Å². The highest BCUT2D eigenvalue weighted by atomic mass is 28.4. The average Bonchev–Trinajstić information content (AvgIpc) is 3.07. The molecular formula is C25H28O2Si. The highest BCUT2D eigenvalue weighted by Gasteiger charge is 2.52. The largest absolute Gasteiger partial charge is 0.534 e. The van der Waals surface area contributed by atoms with Gasteiger partial charge in [-0.3, -0.25) is 0 Å². The van der Waals surface area contributed by atoms with E-state index in [2.05, 4.69) is 99.6 Å². The fourth-order valence-corrected chi connectivity index (χ4v) is 8.86. The second-order valence-electron chi connectivity index (χ2n) is 8.68. The van der Waals surface area contributed by atoms with E-state index in [9.17, 15) is 5.11 Å². The summed E-state index contributed by atoms with van der Waals surface area (Å²) >= 11 is 0. The van der Waals surface area contributed by atoms with Gasteiger partial charge in [-0.15, -0.1) is 0 Å². The number of aliphatic hydroxyl groups is 1. The highest BCUT2D eigenvalue weighted by molar-refractivity contribution is 7.00. The monoisotopic (exact) mass is 388 g/mol. The molecule has 3 aromatic rings. The van der Waals surface area contributed by atoms with Crippen molar-refractivity contribution < 1.29 is 9.53 Å². The predicted octanol–water partition coefficient (Wildman–Crippen LogP) is 4.61. The molecule has 0 fully saturated rings. The van der Waals surface area contributed by atoms with Crippen LogP contribution in [0.1, 0.15) is 44.4 Å². The molecule has 0 spiro atoms. The number of aryl methyl sites for hydroxylation is 1. The van der Waals surface area contributed by atoms with E-state index in [1.807, 2.05) is 0 Å². The molecule has 0 aliphatic heterocycles. The van der Waals surface area contributed by atoms with Crippen molar-refractivity contribution in [2.24, 2.45) is 0 Å². The van der Waals surface area contributed by atoms with Crippen molar-refractivity contribution in [1.29, 1.82) is 0 Å². The summed E-state index contributed by atoms with van der Waals surface area (Å²) in [5.74, 6) is 0.856. The zero-order valence-corrected chi connectivity index (χ0v) is 17.9. The Bertz CT molecular complexity index is 906. The first kappa shape index (κ1) is 19.0. The molecule has 0 saturated carbocycles. The predicted molar refractivity (Wildman–Crippen MR) is 118 cm³/mol. The number of fused-ring (bicyclic) bond motifs is 1. The van der Waals surface area contributed by atoms with Crippen molar-refractivity contribution >= 4 is 18.7 Å². The molecule has 144 valence electrons. The van der Waals surface area contributed by atoms with Crippen LogP contribution in [0, 0.1) is 0 Å². The van der Waals surface area contributed by atoms with Crippen molar-refractivity contribution in [2.75, 3.05) is 0 Å². The third kappa shape index (κ3) is 3.19. The van der Waals surface area contributed by atoms with Crippen LogP contribution in [0.25, 0.3) is 0 Å². The summed E-state index contributed by atoms with van der Waals surface area (Å²) < 4.78 is 7.04. The Morgan fingerprint density at radius 3 is 1.96 bits per heavy atom. The lowest BCUT2D eigenvalue weighted by atomic mass is 10.1. The van der Waals surface area contributed by atoms with Crippen LogP contribution in [0.4, 0.5) is 0 Å². The molecule has 3 heteroatoms. The van der Waals surface area contributed by atoms with Crippen molar-refractivity contribution in [3.63, 3.8) is 0 Å². The average molecular weight is 389 g/mol. The molecule has 0 aromatic heterocycles. The summed E-state index contributed by atoms with van der Waals surface area (Å²) in [4.78, 5) is 0. The van der Waals surface area contributed by atoms with Crippen LogP contribution in [-0.2, 0) is 6.42 Å². The molecule has 0 bridgehead atoms. The molecule has 0 radical (unpaired) electrons. The SMILES string of the molecule is CC(C)(C)[Si](Oc1ccc2c(c1)[C@@H](O)CC2)(c1ccccc1)c1ccccc1. The molecule has 1 N–H and O–H groups in total. The van der Waals surface area contributed by atoms with E-state index in [1.54, 1.807) is 0 Å². The van der Waals surface area contributed by atoms with Crippen LogP contribution in [0.2, 0.25) is 5.04 Å². The number of hydrogen-bond donors (Lipinski definition) is 1. The first-order valence-electron chi connectivity index (χ1n) is 10.0. The van der Waals surface area contributed by atoms with E-state index in [0.717, 1.165) is 24.2 Å². The molecule has 4 rings (SSSR count). The minimum atomic E-state index is -2.63. The van der Waals surface area contributed by atoms with E-state index in [4.69, 9.17) is 4.43 Å². The molecule has 0 amide bonds. The maximum Gasteiger partial charge on any atom is 0.319 e. The lowest BCUT2D eigenvalue weighted by Gasteiger charge is -2.43. The Hall–Kier alpha value is -2.36. The van der Waals surface area contributed by atoms with Crippen LogP contribution in [0.5, 0.6) is 5.75 Å². The van der Waals surface area contributed by atoms with E-state index in [0.29, 0.717) is 0 Å². The fourth-order valence-electron chi connectivity index (χ4n) is 4.45. The topological polar surface area (TPSA) is 29.5 Å². The minimum Gasteiger partial charge on any atom is -0.534 e. The van der Waals surface area contributed by atoms with E-state index in [-0.39, 0.29) is 11.1 Å². The standard InChI is InChI=1S/C25H28O2Si/c1-25(2,3)28(21-10-6-4-7-11-21,22-12-8-5-9-13-22)27-20-16-14-19-15-17-24(26)23(19)18-20/h4-14,16,18,24,26H,15,17H2,1-3H3/t24-/m0/s1. The number of hydrogen-bond acceptors (Lipinski definition) is 2. The molecular weight excluding hydrogens is 360 g/mol. The maximum atomic E-state index is 10.4. The zero-order chi connectivity index (χ0) is 19.8. The maximum absolute atomic E-state index is 10.4. The summed E-state index contributed by atoms with van der Waals surface area (Å²) in [6.45, 7) is 6.84. The summed E-state index contributed by atoms with van der Waals surface area (Å²) in [6.07, 6.45) is 1.37. The van der Waals surface area contributed by atoms with Crippen LogP contribution in [-0.4, -0.2) is 13.4 Å². The fraction of sp³-hybridized carbons (Fsp3) is 0.280. The van der Waals surface area contributed by atoms with Crippen molar-refractivity contribution in [1.82, 2.24) is 0 Å². The Labute approximate surface area is 169 Å². The third-order valence-corrected chi connectivity index (χ3v) is 10.8. The second kappa shape index (κ2) is 7.23. The lowest BCUT2D eigenvalue weighted by molar-refractivity contribution is 0.180. The Balaban J connectivity index is 1.90. The number of rotatable bonds is 4. The van der Waals surface area contributed by atoms with Gasteiger partial charge in [-0.25, -0.2) is 0 Å². The molecule has 0 saturated heterocycles. The number of benzene rings is 3. The van der Waals surface area contributed by atoms with E-state index in [1.165, 1.54) is 15.9 Å². The van der Waals surface area contributed by atoms with Gasteiger partial charge in [0.05, 0.1) is 6.10 Å². The van der Waals surface area contributed by atoms with Crippen molar-refractivity contribution in [3.05, 3.63) is 90.0 Å². The quantitative estimate of drug-likeness (QED) is 0.662. The van der Waals surface area contributed by atoms with Crippen LogP contribution >= 0.6 is 0 Å². The highest BCUT2D eigenvalue weighted by Crippen LogP contribution is 2.39. The van der Waals surface area contributed by atoms with Gasteiger partial charge in [0.1, 0.15) is 5.75 Å². The molecule has 1 atom stereocenters. The smallest absolute Gasteiger partial charge is 0.319 e.